The lowest BCUT2D eigenvalue weighted by atomic mass is 9.67. The zero-order valence-electron chi connectivity index (χ0n) is 31.8. The molecule has 4 N–H and O–H groups in total. The van der Waals surface area contributed by atoms with E-state index >= 15 is 0 Å². The lowest BCUT2D eigenvalue weighted by Crippen LogP contribution is -2.26. The van der Waals surface area contributed by atoms with E-state index in [1.54, 1.807) is 0 Å². The Morgan fingerprint density at radius 2 is 0.820 bits per heavy atom. The molecule has 0 radical (unpaired) electrons. The van der Waals surface area contributed by atoms with Gasteiger partial charge in [0.05, 0.1) is 14.3 Å². The van der Waals surface area contributed by atoms with Gasteiger partial charge in [-0.15, -0.1) is 0 Å². The van der Waals surface area contributed by atoms with E-state index in [0.717, 1.165) is 75.1 Å². The van der Waals surface area contributed by atoms with Crippen molar-refractivity contribution in [1.29, 1.82) is 0 Å². The van der Waals surface area contributed by atoms with Crippen molar-refractivity contribution in [1.82, 2.24) is 0 Å². The zero-order valence-corrected chi connectivity index (χ0v) is 40.4. The number of unbranched alkanes of at least 4 members (excludes halogenated alkanes) is 4. The van der Waals surface area contributed by atoms with Crippen molar-refractivity contribution in [2.75, 3.05) is 0 Å². The first-order valence-electron chi connectivity index (χ1n) is 19.4. The number of aromatic hydroxyl groups is 4. The van der Waals surface area contributed by atoms with E-state index in [4.69, 9.17) is 0 Å². The fraction of sp³-hybridized carbons (Fsp3) is 0.714. The van der Waals surface area contributed by atoms with Crippen LogP contribution in [-0.2, 0) is 12.8 Å². The summed E-state index contributed by atoms with van der Waals surface area (Å²) in [5.74, 6) is 5.39. The molecule has 0 aliphatic heterocycles. The molecule has 2 saturated carbocycles. The van der Waals surface area contributed by atoms with Crippen LogP contribution in [0.2, 0.25) is 0 Å². The highest BCUT2D eigenvalue weighted by molar-refractivity contribution is 14.1. The quantitative estimate of drug-likeness (QED) is 0.126. The number of halogens is 4. The van der Waals surface area contributed by atoms with Crippen LogP contribution >= 0.6 is 90.4 Å². The number of hydrogen-bond donors (Lipinski definition) is 4. The Kier molecular flexibility index (Phi) is 18.9. The van der Waals surface area contributed by atoms with E-state index in [1.807, 2.05) is 0 Å². The molecular weight excluding hydrogens is 1080 g/mol. The van der Waals surface area contributed by atoms with Crippen LogP contribution in [0.1, 0.15) is 167 Å². The molecule has 2 aromatic rings. The van der Waals surface area contributed by atoms with Crippen LogP contribution in [0.5, 0.6) is 23.0 Å². The van der Waals surface area contributed by atoms with Crippen molar-refractivity contribution in [3.8, 4) is 23.0 Å². The van der Waals surface area contributed by atoms with Gasteiger partial charge in [-0.05, 0) is 200 Å². The van der Waals surface area contributed by atoms with Gasteiger partial charge in [-0.2, -0.15) is 0 Å². The van der Waals surface area contributed by atoms with Crippen molar-refractivity contribution in [3.05, 3.63) is 36.5 Å². The van der Waals surface area contributed by atoms with Gasteiger partial charge in [-0.3, -0.25) is 0 Å². The normalized spacial score (nSPS) is 24.0. The predicted octanol–water partition coefficient (Wildman–Crippen LogP) is 14.4. The van der Waals surface area contributed by atoms with Gasteiger partial charge >= 0.3 is 0 Å². The Hall–Kier alpha value is 0.560. The van der Waals surface area contributed by atoms with Crippen LogP contribution in [0.4, 0.5) is 0 Å². The summed E-state index contributed by atoms with van der Waals surface area (Å²) in [4.78, 5) is 0. The third-order valence-corrected chi connectivity index (χ3v) is 16.4. The molecule has 8 heteroatoms. The van der Waals surface area contributed by atoms with Crippen LogP contribution in [0.15, 0.2) is 0 Å². The molecule has 2 aliphatic rings. The molecule has 0 bridgehead atoms. The van der Waals surface area contributed by atoms with Gasteiger partial charge in [0, 0.05) is 11.1 Å². The topological polar surface area (TPSA) is 80.9 Å². The second-order valence-electron chi connectivity index (χ2n) is 16.2. The van der Waals surface area contributed by atoms with Gasteiger partial charge in [-0.1, -0.05) is 93.9 Å². The highest BCUT2D eigenvalue weighted by Crippen LogP contribution is 2.54. The summed E-state index contributed by atoms with van der Waals surface area (Å²) in [5, 5.41) is 44.0. The number of hydrogen-bond acceptors (Lipinski definition) is 4. The maximum atomic E-state index is 11.0. The van der Waals surface area contributed by atoms with Crippen LogP contribution in [0.25, 0.3) is 0 Å². The first-order chi connectivity index (χ1) is 23.6. The Labute approximate surface area is 359 Å². The highest BCUT2D eigenvalue weighted by atomic mass is 127. The molecule has 50 heavy (non-hydrogen) atoms. The minimum Gasteiger partial charge on any atom is -0.506 e. The largest absolute Gasteiger partial charge is 0.506 e. The lowest BCUT2D eigenvalue weighted by Gasteiger charge is -2.38. The lowest BCUT2D eigenvalue weighted by molar-refractivity contribution is 0.191. The van der Waals surface area contributed by atoms with Crippen molar-refractivity contribution >= 4 is 90.4 Å². The number of phenols is 4. The van der Waals surface area contributed by atoms with E-state index < -0.39 is 0 Å². The van der Waals surface area contributed by atoms with Crippen LogP contribution < -0.4 is 0 Å². The average molecular weight is 1140 g/mol. The molecule has 2 fully saturated rings. The summed E-state index contributed by atoms with van der Waals surface area (Å²) in [6.07, 6.45) is 15.8. The van der Waals surface area contributed by atoms with Gasteiger partial charge < -0.3 is 20.4 Å². The third kappa shape index (κ3) is 10.9. The average Bonchev–Trinajstić information content (AvgIpc) is 3.06. The maximum Gasteiger partial charge on any atom is 0.136 e. The van der Waals surface area contributed by atoms with E-state index in [1.165, 1.54) is 51.4 Å². The summed E-state index contributed by atoms with van der Waals surface area (Å²) in [5.41, 5.74) is 3.88. The summed E-state index contributed by atoms with van der Waals surface area (Å²) < 4.78 is 3.80. The minimum absolute atomic E-state index is 0.260. The van der Waals surface area contributed by atoms with E-state index in [-0.39, 0.29) is 11.8 Å². The third-order valence-electron chi connectivity index (χ3n) is 11.8. The maximum absolute atomic E-state index is 11.0. The standard InChI is InChI=1S/2C21H32I2O2/c2*1-5-6-7-8-15-18(22)20(24)17(21(25)19(15)23)16-11-13(4)9-10-14(16)12(2)3/h2*12-14,16,24-25H,5-11H2,1-4H3/t13-,14+,16-;13-,14-,16+/m10/s1. The highest BCUT2D eigenvalue weighted by Gasteiger charge is 2.38. The summed E-state index contributed by atoms with van der Waals surface area (Å²) in [6.45, 7) is 18.1. The Morgan fingerprint density at radius 3 is 1.08 bits per heavy atom. The van der Waals surface area contributed by atoms with Crippen LogP contribution in [0.3, 0.4) is 0 Å². The minimum atomic E-state index is 0.260. The van der Waals surface area contributed by atoms with Gasteiger partial charge in [0.2, 0.25) is 0 Å². The van der Waals surface area contributed by atoms with E-state index in [9.17, 15) is 20.4 Å². The Balaban J connectivity index is 0.000000270. The molecule has 284 valence electrons. The Morgan fingerprint density at radius 1 is 0.520 bits per heavy atom. The summed E-state index contributed by atoms with van der Waals surface area (Å²) in [7, 11) is 0. The van der Waals surface area contributed by atoms with Crippen molar-refractivity contribution in [2.45, 2.75) is 157 Å². The van der Waals surface area contributed by atoms with Crippen LogP contribution in [-0.4, -0.2) is 20.4 Å². The molecule has 4 rings (SSSR count). The van der Waals surface area contributed by atoms with Gasteiger partial charge in [-0.25, -0.2) is 0 Å². The Bertz CT molecular complexity index is 1240. The molecule has 0 saturated heterocycles. The number of rotatable bonds is 12. The van der Waals surface area contributed by atoms with Gasteiger partial charge in [0.25, 0.3) is 0 Å². The predicted molar refractivity (Wildman–Crippen MR) is 245 cm³/mol. The molecule has 4 nitrogen and oxygen atoms in total. The van der Waals surface area contributed by atoms with Crippen molar-refractivity contribution < 1.29 is 20.4 Å². The van der Waals surface area contributed by atoms with E-state index in [0.29, 0.717) is 58.5 Å². The second-order valence-corrected chi connectivity index (χ2v) is 20.5. The molecule has 0 amide bonds. The van der Waals surface area contributed by atoms with E-state index in [2.05, 4.69) is 146 Å². The fourth-order valence-corrected chi connectivity index (χ4v) is 13.1. The number of benzene rings is 2. The molecule has 0 heterocycles. The molecular formula is C42H64I4O4. The monoisotopic (exact) mass is 1140 g/mol. The number of phenolic OH excluding ortho intramolecular Hbond substituents is 4. The van der Waals surface area contributed by atoms with Crippen molar-refractivity contribution in [2.24, 2.45) is 35.5 Å². The first-order valence-corrected chi connectivity index (χ1v) is 23.7. The first kappa shape index (κ1) is 45.0. The van der Waals surface area contributed by atoms with Gasteiger partial charge in [0.15, 0.2) is 0 Å². The second kappa shape index (κ2) is 21.0. The summed E-state index contributed by atoms with van der Waals surface area (Å²) in [6, 6.07) is 0. The molecule has 2 aliphatic carbocycles. The summed E-state index contributed by atoms with van der Waals surface area (Å²) >= 11 is 9.14. The molecule has 0 spiro atoms. The molecule has 2 aromatic carbocycles. The van der Waals surface area contributed by atoms with Gasteiger partial charge in [0.1, 0.15) is 23.0 Å². The molecule has 0 aromatic heterocycles. The smallest absolute Gasteiger partial charge is 0.136 e. The van der Waals surface area contributed by atoms with Crippen molar-refractivity contribution in [3.63, 3.8) is 0 Å². The van der Waals surface area contributed by atoms with Crippen LogP contribution in [0, 0.1) is 49.8 Å². The molecule has 6 atom stereocenters. The molecule has 0 unspecified atom stereocenters. The zero-order chi connectivity index (χ0) is 37.4. The SMILES string of the molecule is CCCCCc1c(I)c(O)c([C@@H]2C[C@@H](C)CC[C@H]2C(C)C)c(O)c1I.CCCCCc1c(I)c(O)c([C@@H]2C[C@H](C)CC[C@H]2C(C)C)c(O)c1I. The fourth-order valence-electron chi connectivity index (χ4n) is 8.77.